The van der Waals surface area contributed by atoms with Gasteiger partial charge in [-0.1, -0.05) is 18.2 Å². The van der Waals surface area contributed by atoms with Gasteiger partial charge in [0.15, 0.2) is 0 Å². The number of hydrogen-bond acceptors (Lipinski definition) is 3. The molecule has 0 fully saturated rings. The van der Waals surface area contributed by atoms with Gasteiger partial charge < -0.3 is 11.5 Å². The number of Topliss-reactive ketones (excluding diaryl/α,β-unsaturated/α-hetero) is 1. The highest BCUT2D eigenvalue weighted by Crippen LogP contribution is 2.17. The van der Waals surface area contributed by atoms with Crippen LogP contribution in [0.1, 0.15) is 11.1 Å². The minimum atomic E-state index is -0.392. The van der Waals surface area contributed by atoms with Gasteiger partial charge in [-0.2, -0.15) is 0 Å². The molecule has 0 aliphatic heterocycles. The van der Waals surface area contributed by atoms with Crippen molar-refractivity contribution in [2.45, 2.75) is 12.8 Å². The SMILES string of the molecule is Nc1ccccc1CC(=O)Cc1cc(F)ccc1N. The Hall–Kier alpha value is -2.36. The lowest BCUT2D eigenvalue weighted by Gasteiger charge is -2.07. The van der Waals surface area contributed by atoms with Crippen LogP contribution in [0, 0.1) is 5.82 Å². The molecule has 98 valence electrons. The lowest BCUT2D eigenvalue weighted by Crippen LogP contribution is -2.10. The van der Waals surface area contributed by atoms with Crippen LogP contribution in [0.4, 0.5) is 15.8 Å². The van der Waals surface area contributed by atoms with Crippen LogP contribution in [0.5, 0.6) is 0 Å². The summed E-state index contributed by atoms with van der Waals surface area (Å²) in [7, 11) is 0. The van der Waals surface area contributed by atoms with Crippen LogP contribution in [-0.2, 0) is 17.6 Å². The third-order valence-corrected chi connectivity index (χ3v) is 2.94. The molecule has 4 N–H and O–H groups in total. The van der Waals surface area contributed by atoms with E-state index in [-0.39, 0.29) is 18.6 Å². The zero-order valence-electron chi connectivity index (χ0n) is 10.4. The maximum Gasteiger partial charge on any atom is 0.141 e. The number of nitrogens with two attached hydrogens (primary N) is 2. The van der Waals surface area contributed by atoms with Crippen molar-refractivity contribution in [3.8, 4) is 0 Å². The van der Waals surface area contributed by atoms with E-state index in [0.717, 1.165) is 5.56 Å². The summed E-state index contributed by atoms with van der Waals surface area (Å²) in [5.74, 6) is -0.438. The van der Waals surface area contributed by atoms with E-state index in [9.17, 15) is 9.18 Å². The predicted octanol–water partition coefficient (Wildman–Crippen LogP) is 2.34. The number of carbonyl (C=O) groups is 1. The Morgan fingerprint density at radius 3 is 2.32 bits per heavy atom. The van der Waals surface area contributed by atoms with E-state index in [4.69, 9.17) is 11.5 Å². The molecule has 0 heterocycles. The minimum absolute atomic E-state index is 0.0461. The van der Waals surface area contributed by atoms with E-state index in [1.807, 2.05) is 18.2 Å². The molecule has 0 radical (unpaired) electrons. The molecule has 0 aliphatic carbocycles. The van der Waals surface area contributed by atoms with Gasteiger partial charge in [0.25, 0.3) is 0 Å². The summed E-state index contributed by atoms with van der Waals surface area (Å²) in [5, 5.41) is 0. The molecule has 2 aromatic rings. The molecule has 2 rings (SSSR count). The van der Waals surface area contributed by atoms with Crippen LogP contribution >= 0.6 is 0 Å². The maximum absolute atomic E-state index is 13.1. The Morgan fingerprint density at radius 2 is 1.58 bits per heavy atom. The summed E-state index contributed by atoms with van der Waals surface area (Å²) in [6.45, 7) is 0. The van der Waals surface area contributed by atoms with E-state index in [1.54, 1.807) is 6.07 Å². The molecule has 3 nitrogen and oxygen atoms in total. The summed E-state index contributed by atoms with van der Waals surface area (Å²) in [4.78, 5) is 12.0. The van der Waals surface area contributed by atoms with Gasteiger partial charge in [-0.15, -0.1) is 0 Å². The number of rotatable bonds is 4. The second kappa shape index (κ2) is 5.52. The van der Waals surface area contributed by atoms with E-state index >= 15 is 0 Å². The Bertz CT molecular complexity index is 611. The highest BCUT2D eigenvalue weighted by atomic mass is 19.1. The van der Waals surface area contributed by atoms with Crippen molar-refractivity contribution in [1.82, 2.24) is 0 Å². The Morgan fingerprint density at radius 1 is 0.947 bits per heavy atom. The lowest BCUT2D eigenvalue weighted by molar-refractivity contribution is -0.117. The predicted molar refractivity (Wildman–Crippen MR) is 74.1 cm³/mol. The van der Waals surface area contributed by atoms with Crippen molar-refractivity contribution < 1.29 is 9.18 Å². The Balaban J connectivity index is 2.10. The lowest BCUT2D eigenvalue weighted by atomic mass is 10.0. The molecule has 0 unspecified atom stereocenters. The van der Waals surface area contributed by atoms with Gasteiger partial charge in [0.1, 0.15) is 11.6 Å². The Labute approximate surface area is 111 Å². The minimum Gasteiger partial charge on any atom is -0.398 e. The fourth-order valence-corrected chi connectivity index (χ4v) is 1.91. The molecular weight excluding hydrogens is 243 g/mol. The standard InChI is InChI=1S/C15H15FN2O/c16-12-5-6-15(18)11(7-12)9-13(19)8-10-3-1-2-4-14(10)17/h1-7H,8-9,17-18H2. The summed E-state index contributed by atoms with van der Waals surface area (Å²) in [6.07, 6.45) is 0.334. The third kappa shape index (κ3) is 3.31. The second-order valence-corrected chi connectivity index (χ2v) is 4.43. The topological polar surface area (TPSA) is 69.1 Å². The van der Waals surface area contributed by atoms with Crippen LogP contribution in [0.15, 0.2) is 42.5 Å². The first kappa shape index (κ1) is 13.1. The molecule has 0 aliphatic rings. The van der Waals surface area contributed by atoms with Gasteiger partial charge in [-0.25, -0.2) is 4.39 Å². The van der Waals surface area contributed by atoms with E-state index in [1.165, 1.54) is 18.2 Å². The van der Waals surface area contributed by atoms with Gasteiger partial charge in [0, 0.05) is 24.2 Å². The fourth-order valence-electron chi connectivity index (χ4n) is 1.91. The molecule has 0 aromatic heterocycles. The van der Waals surface area contributed by atoms with Gasteiger partial charge >= 0.3 is 0 Å². The first-order chi connectivity index (χ1) is 9.06. The molecule has 0 spiro atoms. The molecule has 0 saturated heterocycles. The van der Waals surface area contributed by atoms with Crippen LogP contribution < -0.4 is 11.5 Å². The normalized spacial score (nSPS) is 10.4. The zero-order chi connectivity index (χ0) is 13.8. The number of ketones is 1. The van der Waals surface area contributed by atoms with Gasteiger partial charge in [-0.05, 0) is 35.4 Å². The summed E-state index contributed by atoms with van der Waals surface area (Å²) in [6, 6.07) is 11.2. The molecule has 0 bridgehead atoms. The van der Waals surface area contributed by atoms with Gasteiger partial charge in [-0.3, -0.25) is 4.79 Å². The maximum atomic E-state index is 13.1. The van der Waals surface area contributed by atoms with Crippen LogP contribution in [0.2, 0.25) is 0 Å². The first-order valence-corrected chi connectivity index (χ1v) is 5.95. The van der Waals surface area contributed by atoms with Crippen molar-refractivity contribution in [2.75, 3.05) is 11.5 Å². The van der Waals surface area contributed by atoms with Crippen molar-refractivity contribution in [1.29, 1.82) is 0 Å². The zero-order valence-corrected chi connectivity index (χ0v) is 10.4. The largest absolute Gasteiger partial charge is 0.398 e. The summed E-state index contributed by atoms with van der Waals surface area (Å²) >= 11 is 0. The Kier molecular flexibility index (Phi) is 3.80. The quantitative estimate of drug-likeness (QED) is 0.827. The van der Waals surface area contributed by atoms with E-state index in [0.29, 0.717) is 16.9 Å². The van der Waals surface area contributed by atoms with Crippen molar-refractivity contribution >= 4 is 17.2 Å². The summed E-state index contributed by atoms with van der Waals surface area (Å²) in [5.41, 5.74) is 13.8. The number of hydrogen-bond donors (Lipinski definition) is 2. The molecule has 2 aromatic carbocycles. The van der Waals surface area contributed by atoms with Crippen LogP contribution in [-0.4, -0.2) is 5.78 Å². The highest BCUT2D eigenvalue weighted by Gasteiger charge is 2.10. The van der Waals surface area contributed by atoms with Crippen molar-refractivity contribution in [3.63, 3.8) is 0 Å². The van der Waals surface area contributed by atoms with Crippen LogP contribution in [0.25, 0.3) is 0 Å². The number of benzene rings is 2. The van der Waals surface area contributed by atoms with E-state index < -0.39 is 5.82 Å². The number of para-hydroxylation sites is 1. The highest BCUT2D eigenvalue weighted by molar-refractivity contribution is 5.85. The average molecular weight is 258 g/mol. The molecule has 4 heteroatoms. The van der Waals surface area contributed by atoms with Crippen LogP contribution in [0.3, 0.4) is 0 Å². The number of halogens is 1. The molecule has 0 amide bonds. The average Bonchev–Trinajstić information content (AvgIpc) is 2.37. The van der Waals surface area contributed by atoms with Gasteiger partial charge in [0.2, 0.25) is 0 Å². The number of anilines is 2. The van der Waals surface area contributed by atoms with Crippen molar-refractivity contribution in [3.05, 3.63) is 59.4 Å². The number of carbonyl (C=O) groups excluding carboxylic acids is 1. The van der Waals surface area contributed by atoms with Crippen molar-refractivity contribution in [2.24, 2.45) is 0 Å². The van der Waals surface area contributed by atoms with Gasteiger partial charge in [0.05, 0.1) is 0 Å². The molecule has 19 heavy (non-hydrogen) atoms. The fraction of sp³-hybridized carbons (Fsp3) is 0.133. The monoisotopic (exact) mass is 258 g/mol. The summed E-state index contributed by atoms with van der Waals surface area (Å²) < 4.78 is 13.1. The first-order valence-electron chi connectivity index (χ1n) is 5.95. The molecule has 0 atom stereocenters. The molecular formula is C15H15FN2O. The smallest absolute Gasteiger partial charge is 0.141 e. The van der Waals surface area contributed by atoms with E-state index in [2.05, 4.69) is 0 Å². The molecule has 0 saturated carbocycles. The second-order valence-electron chi connectivity index (χ2n) is 4.43. The number of nitrogen functional groups attached to an aromatic ring is 2. The third-order valence-electron chi connectivity index (χ3n) is 2.94.